The lowest BCUT2D eigenvalue weighted by Gasteiger charge is -2.53. The van der Waals surface area contributed by atoms with Crippen LogP contribution in [0.4, 0.5) is 0 Å². The number of carbonyl (C=O) groups excluding carboxylic acids is 1. The number of aliphatic carboxylic acids is 1. The van der Waals surface area contributed by atoms with Gasteiger partial charge in [-0.15, -0.1) is 0 Å². The second-order valence-electron chi connectivity index (χ2n) is 5.33. The van der Waals surface area contributed by atoms with Gasteiger partial charge in [0.25, 0.3) is 0 Å². The van der Waals surface area contributed by atoms with E-state index in [1.807, 2.05) is 0 Å². The first-order valence-corrected chi connectivity index (χ1v) is 5.38. The monoisotopic (exact) mass is 194 g/mol. The second-order valence-corrected chi connectivity index (χ2v) is 5.33. The predicted octanol–water partition coefficient (Wildman–Crippen LogP) is 1.47. The zero-order valence-corrected chi connectivity index (χ0v) is 8.03. The highest BCUT2D eigenvalue weighted by Gasteiger charge is 2.58. The molecule has 4 fully saturated rings. The molecule has 14 heavy (non-hydrogen) atoms. The second kappa shape index (κ2) is 2.38. The van der Waals surface area contributed by atoms with Crippen LogP contribution in [-0.4, -0.2) is 16.9 Å². The fourth-order valence-corrected chi connectivity index (χ4v) is 4.01. The third-order valence-electron chi connectivity index (χ3n) is 4.45. The average Bonchev–Trinajstić information content (AvgIpc) is 2.12. The third-order valence-corrected chi connectivity index (χ3v) is 4.45. The van der Waals surface area contributed by atoms with Crippen molar-refractivity contribution in [1.82, 2.24) is 0 Å². The van der Waals surface area contributed by atoms with Gasteiger partial charge in [-0.25, -0.2) is 0 Å². The summed E-state index contributed by atoms with van der Waals surface area (Å²) in [4.78, 5) is 23.0. The van der Waals surface area contributed by atoms with Crippen LogP contribution in [0.5, 0.6) is 0 Å². The van der Waals surface area contributed by atoms with Crippen molar-refractivity contribution in [3.05, 3.63) is 0 Å². The average molecular weight is 194 g/mol. The molecule has 1 N–H and O–H groups in total. The smallest absolute Gasteiger partial charge is 0.309 e. The third kappa shape index (κ3) is 0.877. The summed E-state index contributed by atoms with van der Waals surface area (Å²) in [5.74, 6) is 0.373. The standard InChI is InChI=1S/C11H14O3/c12-9-7-1-6-2-8(9)5-11(3-6,4-7)10(13)14/h6-8H,1-5H2,(H,13,14)/t6?,7-,8?,11?/m1/s1. The van der Waals surface area contributed by atoms with E-state index in [1.54, 1.807) is 0 Å². The van der Waals surface area contributed by atoms with Gasteiger partial charge in [-0.1, -0.05) is 0 Å². The largest absolute Gasteiger partial charge is 0.481 e. The number of ketones is 1. The molecule has 4 atom stereocenters. The fraction of sp³-hybridized carbons (Fsp3) is 0.818. The van der Waals surface area contributed by atoms with Crippen LogP contribution in [0, 0.1) is 23.2 Å². The minimum atomic E-state index is -0.663. The van der Waals surface area contributed by atoms with Crippen LogP contribution in [0.2, 0.25) is 0 Å². The van der Waals surface area contributed by atoms with Gasteiger partial charge in [0, 0.05) is 11.8 Å². The van der Waals surface area contributed by atoms with Crippen LogP contribution in [0.15, 0.2) is 0 Å². The van der Waals surface area contributed by atoms with Crippen molar-refractivity contribution in [3.63, 3.8) is 0 Å². The molecule has 3 nitrogen and oxygen atoms in total. The first kappa shape index (κ1) is 8.45. The Kier molecular flexibility index (Phi) is 1.44. The zero-order valence-electron chi connectivity index (χ0n) is 8.03. The highest BCUT2D eigenvalue weighted by Crippen LogP contribution is 2.58. The lowest BCUT2D eigenvalue weighted by Crippen LogP contribution is -2.54. The van der Waals surface area contributed by atoms with E-state index in [4.69, 9.17) is 0 Å². The normalized spacial score (nSPS) is 49.7. The summed E-state index contributed by atoms with van der Waals surface area (Å²) in [7, 11) is 0. The molecule has 0 radical (unpaired) electrons. The molecule has 0 aromatic carbocycles. The quantitative estimate of drug-likeness (QED) is 0.687. The van der Waals surface area contributed by atoms with Gasteiger partial charge in [0.1, 0.15) is 5.78 Å². The molecule has 0 saturated heterocycles. The molecule has 0 aromatic heterocycles. The molecule has 3 unspecified atom stereocenters. The Labute approximate surface area is 82.5 Å². The number of carboxylic acid groups (broad SMARTS) is 1. The van der Waals surface area contributed by atoms with E-state index >= 15 is 0 Å². The van der Waals surface area contributed by atoms with Crippen LogP contribution in [-0.2, 0) is 9.59 Å². The summed E-state index contributed by atoms with van der Waals surface area (Å²) in [6, 6.07) is 0. The molecule has 4 aliphatic carbocycles. The molecular formula is C11H14O3. The Bertz CT molecular complexity index is 302. The SMILES string of the molecule is O=C1C2CC3C[C@@H]1CC(C(=O)O)(C3)C2. The van der Waals surface area contributed by atoms with Gasteiger partial charge in [-0.05, 0) is 38.0 Å². The van der Waals surface area contributed by atoms with Gasteiger partial charge >= 0.3 is 5.97 Å². The number of rotatable bonds is 1. The van der Waals surface area contributed by atoms with E-state index in [-0.39, 0.29) is 11.8 Å². The maximum Gasteiger partial charge on any atom is 0.309 e. The van der Waals surface area contributed by atoms with Gasteiger partial charge in [0.2, 0.25) is 0 Å². The number of hydrogen-bond acceptors (Lipinski definition) is 2. The summed E-state index contributed by atoms with van der Waals surface area (Å²) < 4.78 is 0. The molecule has 0 heterocycles. The maximum absolute atomic E-state index is 11.7. The first-order valence-electron chi connectivity index (χ1n) is 5.38. The summed E-state index contributed by atoms with van der Waals surface area (Å²) >= 11 is 0. The molecule has 4 aliphatic rings. The molecule has 4 saturated carbocycles. The van der Waals surface area contributed by atoms with Gasteiger partial charge in [0.15, 0.2) is 0 Å². The number of carbonyl (C=O) groups is 2. The Morgan fingerprint density at radius 3 is 2.29 bits per heavy atom. The van der Waals surface area contributed by atoms with Crippen molar-refractivity contribution in [2.75, 3.05) is 0 Å². The van der Waals surface area contributed by atoms with Crippen molar-refractivity contribution in [1.29, 1.82) is 0 Å². The number of hydrogen-bond donors (Lipinski definition) is 1. The van der Waals surface area contributed by atoms with Crippen molar-refractivity contribution in [2.24, 2.45) is 23.2 Å². The van der Waals surface area contributed by atoms with Gasteiger partial charge in [0.05, 0.1) is 5.41 Å². The van der Waals surface area contributed by atoms with Gasteiger partial charge in [-0.2, -0.15) is 0 Å². The summed E-state index contributed by atoms with van der Waals surface area (Å²) in [5, 5.41) is 9.25. The van der Waals surface area contributed by atoms with Crippen LogP contribution in [0.3, 0.4) is 0 Å². The Morgan fingerprint density at radius 1 is 1.21 bits per heavy atom. The van der Waals surface area contributed by atoms with Crippen LogP contribution in [0.25, 0.3) is 0 Å². The summed E-state index contributed by atoms with van der Waals surface area (Å²) in [6.07, 6.45) is 3.99. The number of Topliss-reactive ketones (excluding diaryl/α,β-unsaturated/α-hetero) is 1. The molecule has 0 aliphatic heterocycles. The van der Waals surface area contributed by atoms with E-state index < -0.39 is 11.4 Å². The van der Waals surface area contributed by atoms with Crippen molar-refractivity contribution < 1.29 is 14.7 Å². The predicted molar refractivity (Wildman–Crippen MR) is 48.6 cm³/mol. The molecule has 3 heteroatoms. The van der Waals surface area contributed by atoms with Crippen molar-refractivity contribution in [2.45, 2.75) is 32.1 Å². The minimum absolute atomic E-state index is 0.0809. The van der Waals surface area contributed by atoms with Crippen molar-refractivity contribution >= 4 is 11.8 Å². The topological polar surface area (TPSA) is 54.4 Å². The van der Waals surface area contributed by atoms with Crippen molar-refractivity contribution in [3.8, 4) is 0 Å². The molecule has 0 spiro atoms. The van der Waals surface area contributed by atoms with E-state index in [1.165, 1.54) is 0 Å². The lowest BCUT2D eigenvalue weighted by molar-refractivity contribution is -0.169. The zero-order chi connectivity index (χ0) is 9.92. The summed E-state index contributed by atoms with van der Waals surface area (Å²) in [6.45, 7) is 0. The molecule has 76 valence electrons. The molecule has 4 rings (SSSR count). The Hall–Kier alpha value is -0.860. The maximum atomic E-state index is 11.7. The highest BCUT2D eigenvalue weighted by molar-refractivity contribution is 5.89. The van der Waals surface area contributed by atoms with Gasteiger partial charge < -0.3 is 5.11 Å². The summed E-state index contributed by atoms with van der Waals surface area (Å²) in [5.41, 5.74) is -0.523. The molecule has 4 bridgehead atoms. The molecular weight excluding hydrogens is 180 g/mol. The van der Waals surface area contributed by atoms with E-state index in [0.717, 1.165) is 19.3 Å². The fourth-order valence-electron chi connectivity index (χ4n) is 4.01. The van der Waals surface area contributed by atoms with E-state index in [2.05, 4.69) is 0 Å². The minimum Gasteiger partial charge on any atom is -0.481 e. The molecule has 0 amide bonds. The first-order chi connectivity index (χ1) is 6.61. The van der Waals surface area contributed by atoms with Crippen LogP contribution >= 0.6 is 0 Å². The van der Waals surface area contributed by atoms with E-state index in [9.17, 15) is 14.7 Å². The number of carboxylic acids is 1. The molecule has 0 aromatic rings. The Balaban J connectivity index is 2.00. The highest BCUT2D eigenvalue weighted by atomic mass is 16.4. The van der Waals surface area contributed by atoms with Gasteiger partial charge in [-0.3, -0.25) is 9.59 Å². The van der Waals surface area contributed by atoms with Crippen LogP contribution in [0.1, 0.15) is 32.1 Å². The Morgan fingerprint density at radius 2 is 1.79 bits per heavy atom. The van der Waals surface area contributed by atoms with Crippen LogP contribution < -0.4 is 0 Å². The lowest BCUT2D eigenvalue weighted by atomic mass is 9.49. The van der Waals surface area contributed by atoms with E-state index in [0.29, 0.717) is 24.5 Å².